The van der Waals surface area contributed by atoms with Gasteiger partial charge in [-0.15, -0.1) is 0 Å². The van der Waals surface area contributed by atoms with Crippen molar-refractivity contribution < 1.29 is 14.3 Å². The van der Waals surface area contributed by atoms with Crippen molar-refractivity contribution in [3.63, 3.8) is 0 Å². The maximum absolute atomic E-state index is 12.8. The topological polar surface area (TPSA) is 65.1 Å². The minimum absolute atomic E-state index is 0.0120. The third-order valence-electron chi connectivity index (χ3n) is 5.93. The number of benzene rings is 1. The number of anilines is 1. The van der Waals surface area contributed by atoms with E-state index in [2.05, 4.69) is 56.1 Å². The van der Waals surface area contributed by atoms with E-state index in [0.29, 0.717) is 70.9 Å². The van der Waals surface area contributed by atoms with Crippen LogP contribution in [0, 0.1) is 0 Å². The highest BCUT2D eigenvalue weighted by Crippen LogP contribution is 2.32. The molecule has 0 unspecified atom stereocenters. The van der Waals surface area contributed by atoms with E-state index in [1.54, 1.807) is 0 Å². The Morgan fingerprint density at radius 3 is 1.97 bits per heavy atom. The maximum Gasteiger partial charge on any atom is 0.320 e. The van der Waals surface area contributed by atoms with Crippen molar-refractivity contribution in [3.05, 3.63) is 29.3 Å². The van der Waals surface area contributed by atoms with Crippen LogP contribution in [0.4, 0.5) is 10.5 Å². The molecule has 1 aromatic rings. The Hall–Kier alpha value is -2.12. The highest BCUT2D eigenvalue weighted by atomic mass is 16.5. The maximum atomic E-state index is 12.8. The minimum atomic E-state index is 0.0120. The highest BCUT2D eigenvalue weighted by molar-refractivity contribution is 5.94. The van der Waals surface area contributed by atoms with Crippen LogP contribution in [0.15, 0.2) is 18.2 Å². The molecule has 7 nitrogen and oxygen atoms in total. The average molecular weight is 417 g/mol. The fraction of sp³-hybridized carbons (Fsp3) is 0.652. The Labute approximate surface area is 180 Å². The van der Waals surface area contributed by atoms with Crippen molar-refractivity contribution >= 4 is 17.6 Å². The summed E-state index contributed by atoms with van der Waals surface area (Å²) in [6.07, 6.45) is 0. The van der Waals surface area contributed by atoms with Crippen LogP contribution in [-0.4, -0.2) is 85.7 Å². The molecule has 2 aliphatic rings. The van der Waals surface area contributed by atoms with Crippen LogP contribution < -0.4 is 5.32 Å². The number of urea groups is 1. The van der Waals surface area contributed by atoms with E-state index in [0.717, 1.165) is 5.69 Å². The molecule has 30 heavy (non-hydrogen) atoms. The summed E-state index contributed by atoms with van der Waals surface area (Å²) < 4.78 is 5.33. The molecule has 2 aliphatic heterocycles. The van der Waals surface area contributed by atoms with Crippen molar-refractivity contribution in [3.8, 4) is 0 Å². The molecule has 0 spiro atoms. The summed E-state index contributed by atoms with van der Waals surface area (Å²) in [6, 6.07) is 6.37. The van der Waals surface area contributed by atoms with Crippen molar-refractivity contribution in [2.75, 3.05) is 64.3 Å². The van der Waals surface area contributed by atoms with E-state index in [9.17, 15) is 9.59 Å². The molecule has 2 heterocycles. The number of morpholine rings is 1. The number of amides is 3. The Kier molecular flexibility index (Phi) is 7.72. The summed E-state index contributed by atoms with van der Waals surface area (Å²) in [6.45, 7) is 14.3. The zero-order chi connectivity index (χ0) is 21.7. The van der Waals surface area contributed by atoms with Crippen LogP contribution >= 0.6 is 0 Å². The molecule has 1 aromatic carbocycles. The quantitative estimate of drug-likeness (QED) is 0.802. The molecule has 0 aromatic heterocycles. The third-order valence-corrected chi connectivity index (χ3v) is 5.93. The molecule has 2 saturated heterocycles. The molecule has 1 N–H and O–H groups in total. The van der Waals surface area contributed by atoms with Gasteiger partial charge in [0.15, 0.2) is 0 Å². The van der Waals surface area contributed by atoms with Crippen LogP contribution in [0.25, 0.3) is 0 Å². The lowest BCUT2D eigenvalue weighted by molar-refractivity contribution is -0.117. The van der Waals surface area contributed by atoms with Gasteiger partial charge in [-0.25, -0.2) is 4.79 Å². The largest absolute Gasteiger partial charge is 0.378 e. The Balaban J connectivity index is 1.55. The van der Waals surface area contributed by atoms with Gasteiger partial charge in [0.1, 0.15) is 0 Å². The lowest BCUT2D eigenvalue weighted by Crippen LogP contribution is -2.55. The number of nitrogens with zero attached hydrogens (tertiary/aromatic N) is 3. The molecule has 166 valence electrons. The first kappa shape index (κ1) is 22.6. The predicted octanol–water partition coefficient (Wildman–Crippen LogP) is 2.94. The summed E-state index contributed by atoms with van der Waals surface area (Å²) >= 11 is 0. The molecule has 0 aliphatic carbocycles. The number of hydrogen-bond donors (Lipinski definition) is 1. The number of ether oxygens (including phenoxy) is 1. The zero-order valence-corrected chi connectivity index (χ0v) is 18.8. The van der Waals surface area contributed by atoms with E-state index in [4.69, 9.17) is 4.74 Å². The third kappa shape index (κ3) is 5.52. The summed E-state index contributed by atoms with van der Waals surface area (Å²) in [5.41, 5.74) is 3.32. The zero-order valence-electron chi connectivity index (χ0n) is 18.8. The summed E-state index contributed by atoms with van der Waals surface area (Å²) in [7, 11) is 0. The summed E-state index contributed by atoms with van der Waals surface area (Å²) in [5, 5.41) is 3.19. The summed E-state index contributed by atoms with van der Waals surface area (Å²) in [4.78, 5) is 31.3. The second kappa shape index (κ2) is 10.3. The van der Waals surface area contributed by atoms with Gasteiger partial charge in [0.05, 0.1) is 19.8 Å². The molecule has 3 rings (SSSR count). The number of piperazine rings is 1. The molecule has 7 heteroatoms. The molecule has 0 saturated carbocycles. The van der Waals surface area contributed by atoms with Gasteiger partial charge >= 0.3 is 6.03 Å². The highest BCUT2D eigenvalue weighted by Gasteiger charge is 2.27. The minimum Gasteiger partial charge on any atom is -0.378 e. The van der Waals surface area contributed by atoms with Crippen molar-refractivity contribution in [2.24, 2.45) is 0 Å². The van der Waals surface area contributed by atoms with Gasteiger partial charge in [0.2, 0.25) is 5.91 Å². The fourth-order valence-electron chi connectivity index (χ4n) is 4.13. The molecule has 0 atom stereocenters. The monoisotopic (exact) mass is 416 g/mol. The van der Waals surface area contributed by atoms with Crippen LogP contribution in [0.3, 0.4) is 0 Å². The molecular formula is C23H36N4O3. The van der Waals surface area contributed by atoms with Crippen molar-refractivity contribution in [2.45, 2.75) is 39.5 Å². The first-order chi connectivity index (χ1) is 14.4. The second-order valence-electron chi connectivity index (χ2n) is 8.81. The first-order valence-corrected chi connectivity index (χ1v) is 11.1. The van der Waals surface area contributed by atoms with Crippen LogP contribution in [0.2, 0.25) is 0 Å². The first-order valence-electron chi connectivity index (χ1n) is 11.1. The SMILES string of the molecule is CC(C)c1cccc(C(C)C)c1NC(=O)CN1CCN(C(=O)N2CCOCC2)CC1. The van der Waals surface area contributed by atoms with Gasteiger partial charge in [-0.3, -0.25) is 9.69 Å². The van der Waals surface area contributed by atoms with Gasteiger partial charge in [0.25, 0.3) is 0 Å². The summed E-state index contributed by atoms with van der Waals surface area (Å²) in [5.74, 6) is 0.695. The smallest absolute Gasteiger partial charge is 0.320 e. The Morgan fingerprint density at radius 2 is 1.43 bits per heavy atom. The van der Waals surface area contributed by atoms with E-state index >= 15 is 0 Å². The fourth-order valence-corrected chi connectivity index (χ4v) is 4.13. The van der Waals surface area contributed by atoms with Gasteiger partial charge in [-0.2, -0.15) is 0 Å². The molecule has 0 bridgehead atoms. The van der Waals surface area contributed by atoms with E-state index < -0.39 is 0 Å². The van der Waals surface area contributed by atoms with E-state index in [1.807, 2.05) is 9.80 Å². The molecule has 2 fully saturated rings. The lowest BCUT2D eigenvalue weighted by atomic mass is 9.92. The van der Waals surface area contributed by atoms with Crippen LogP contribution in [-0.2, 0) is 9.53 Å². The second-order valence-corrected chi connectivity index (χ2v) is 8.81. The van der Waals surface area contributed by atoms with Crippen LogP contribution in [0.1, 0.15) is 50.7 Å². The molecule has 0 radical (unpaired) electrons. The van der Waals surface area contributed by atoms with Crippen molar-refractivity contribution in [1.82, 2.24) is 14.7 Å². The number of carbonyl (C=O) groups is 2. The van der Waals surface area contributed by atoms with Gasteiger partial charge in [-0.1, -0.05) is 45.9 Å². The number of para-hydroxylation sites is 1. The molecular weight excluding hydrogens is 380 g/mol. The molecule has 3 amide bonds. The number of carbonyl (C=O) groups excluding carboxylic acids is 2. The van der Waals surface area contributed by atoms with E-state index in [-0.39, 0.29) is 11.9 Å². The number of hydrogen-bond acceptors (Lipinski definition) is 4. The Morgan fingerprint density at radius 1 is 0.900 bits per heavy atom. The predicted molar refractivity (Wildman–Crippen MR) is 119 cm³/mol. The van der Waals surface area contributed by atoms with Crippen molar-refractivity contribution in [1.29, 1.82) is 0 Å². The average Bonchev–Trinajstić information content (AvgIpc) is 2.74. The number of rotatable bonds is 5. The van der Waals surface area contributed by atoms with Crippen LogP contribution in [0.5, 0.6) is 0 Å². The standard InChI is InChI=1S/C23H36N4O3/c1-17(2)19-6-5-7-20(18(3)4)22(19)24-21(28)16-25-8-10-26(11-9-25)23(29)27-12-14-30-15-13-27/h5-7,17-18H,8-16H2,1-4H3,(H,24,28). The van der Waals surface area contributed by atoms with E-state index in [1.165, 1.54) is 11.1 Å². The number of nitrogens with one attached hydrogen (secondary N) is 1. The lowest BCUT2D eigenvalue weighted by Gasteiger charge is -2.38. The van der Waals surface area contributed by atoms with Gasteiger partial charge in [-0.05, 0) is 23.0 Å². The normalized spacial score (nSPS) is 18.2. The van der Waals surface area contributed by atoms with Gasteiger partial charge in [0, 0.05) is 45.0 Å². The van der Waals surface area contributed by atoms with Gasteiger partial charge < -0.3 is 19.9 Å². The Bertz CT molecular complexity index is 710.